The Kier molecular flexibility index (Phi) is 5.03. The van der Waals surface area contributed by atoms with Gasteiger partial charge in [-0.2, -0.15) is 13.2 Å². The molecule has 0 aliphatic carbocycles. The Morgan fingerprint density at radius 2 is 2.18 bits per heavy atom. The lowest BCUT2D eigenvalue weighted by Gasteiger charge is -2.23. The number of halogens is 3. The number of anilines is 1. The van der Waals surface area contributed by atoms with Crippen molar-refractivity contribution in [2.45, 2.75) is 12.3 Å². The molecule has 2 amide bonds. The number of rotatable bonds is 3. The molecule has 0 radical (unpaired) electrons. The Bertz CT molecular complexity index is 582. The van der Waals surface area contributed by atoms with E-state index in [0.717, 1.165) is 0 Å². The number of nitrogens with one attached hydrogen (secondary N) is 3. The van der Waals surface area contributed by atoms with E-state index in [1.165, 1.54) is 0 Å². The monoisotopic (exact) mass is 321 g/mol. The molecule has 0 bridgehead atoms. The van der Waals surface area contributed by atoms with E-state index in [1.54, 1.807) is 0 Å². The van der Waals surface area contributed by atoms with Gasteiger partial charge in [0.25, 0.3) is 5.56 Å². The third-order valence-electron chi connectivity index (χ3n) is 2.85. The minimum absolute atomic E-state index is 0.114. The van der Waals surface area contributed by atoms with Crippen molar-refractivity contribution >= 4 is 11.7 Å². The first-order chi connectivity index (χ1) is 10.4. The Morgan fingerprint density at radius 1 is 1.41 bits per heavy atom. The quantitative estimate of drug-likeness (QED) is 0.772. The van der Waals surface area contributed by atoms with Gasteiger partial charge >= 0.3 is 12.2 Å². The molecule has 1 saturated heterocycles. The molecule has 7 nitrogen and oxygen atoms in total. The van der Waals surface area contributed by atoms with E-state index in [0.29, 0.717) is 32.1 Å². The highest BCUT2D eigenvalue weighted by molar-refractivity contribution is 5.89. The van der Waals surface area contributed by atoms with Gasteiger partial charge in [-0.15, -0.1) is 0 Å². The molecule has 1 atom stereocenters. The van der Waals surface area contributed by atoms with Gasteiger partial charge in [-0.3, -0.25) is 4.79 Å². The minimum atomic E-state index is -4.62. The number of hydrogen-bond donors (Lipinski definition) is 3. The van der Waals surface area contributed by atoms with Crippen LogP contribution in [0.25, 0.3) is 0 Å². The van der Waals surface area contributed by atoms with Crippen molar-refractivity contribution in [1.29, 1.82) is 0 Å². The number of urea groups is 1. The zero-order chi connectivity index (χ0) is 16.2. The minimum Gasteiger partial charge on any atom is -0.376 e. The highest BCUT2D eigenvalue weighted by Gasteiger charge is 2.31. The zero-order valence-electron chi connectivity index (χ0n) is 11.3. The van der Waals surface area contributed by atoms with Gasteiger partial charge in [-0.25, -0.2) is 4.79 Å². The number of carbonyl (C=O) groups is 1. The summed E-state index contributed by atoms with van der Waals surface area (Å²) in [6, 6.07) is -0.238. The largest absolute Gasteiger partial charge is 0.417 e. The summed E-state index contributed by atoms with van der Waals surface area (Å²) < 4.78 is 48.1. The van der Waals surface area contributed by atoms with Gasteiger partial charge in [0, 0.05) is 12.7 Å². The molecule has 0 aromatic carbocycles. The van der Waals surface area contributed by atoms with E-state index in [1.807, 2.05) is 4.98 Å². The van der Waals surface area contributed by atoms with Crippen molar-refractivity contribution in [3.05, 3.63) is 28.2 Å². The number of amides is 2. The average Bonchev–Trinajstić information content (AvgIpc) is 2.47. The second-order valence-corrected chi connectivity index (χ2v) is 4.53. The fraction of sp³-hybridized carbons (Fsp3) is 0.500. The number of pyridine rings is 1. The summed E-state index contributed by atoms with van der Waals surface area (Å²) >= 11 is 0. The lowest BCUT2D eigenvalue weighted by atomic mass is 10.2. The summed E-state index contributed by atoms with van der Waals surface area (Å²) in [5, 5.41) is 4.47. The molecule has 10 heteroatoms. The van der Waals surface area contributed by atoms with Crippen LogP contribution in [0.3, 0.4) is 0 Å². The lowest BCUT2D eigenvalue weighted by molar-refractivity contribution is -0.137. The average molecular weight is 321 g/mol. The summed E-state index contributed by atoms with van der Waals surface area (Å²) in [6.45, 7) is 1.30. The molecule has 122 valence electrons. The maximum Gasteiger partial charge on any atom is 0.417 e. The summed E-state index contributed by atoms with van der Waals surface area (Å²) in [6.07, 6.45) is -4.41. The van der Waals surface area contributed by atoms with Crippen LogP contribution in [0.2, 0.25) is 0 Å². The van der Waals surface area contributed by atoms with Crippen molar-refractivity contribution in [2.75, 3.05) is 31.7 Å². The van der Waals surface area contributed by atoms with E-state index >= 15 is 0 Å². The first kappa shape index (κ1) is 16.3. The number of hydrogen-bond acceptors (Lipinski definition) is 4. The Balaban J connectivity index is 1.94. The van der Waals surface area contributed by atoms with Crippen LogP contribution in [-0.4, -0.2) is 43.5 Å². The van der Waals surface area contributed by atoms with Gasteiger partial charge in [0.15, 0.2) is 0 Å². The molecular weight excluding hydrogens is 307 g/mol. The number of aromatic nitrogens is 1. The number of H-pyrrole nitrogens is 1. The molecule has 0 spiro atoms. The van der Waals surface area contributed by atoms with Crippen LogP contribution in [0.4, 0.5) is 23.7 Å². The second kappa shape index (κ2) is 6.79. The highest BCUT2D eigenvalue weighted by atomic mass is 19.4. The fourth-order valence-electron chi connectivity index (χ4n) is 1.77. The molecule has 1 aromatic rings. The smallest absolute Gasteiger partial charge is 0.376 e. The summed E-state index contributed by atoms with van der Waals surface area (Å²) in [5.41, 5.74) is -2.39. The van der Waals surface area contributed by atoms with E-state index in [2.05, 4.69) is 10.6 Å². The normalized spacial score (nSPS) is 18.8. The predicted molar refractivity (Wildman–Crippen MR) is 69.6 cm³/mol. The van der Waals surface area contributed by atoms with E-state index in [9.17, 15) is 22.8 Å². The number of alkyl halides is 3. The van der Waals surface area contributed by atoms with Crippen molar-refractivity contribution in [3.8, 4) is 0 Å². The molecular formula is C12H14F3N3O4. The first-order valence-corrected chi connectivity index (χ1v) is 6.40. The zero-order valence-corrected chi connectivity index (χ0v) is 11.3. The van der Waals surface area contributed by atoms with Gasteiger partial charge in [0.2, 0.25) is 0 Å². The van der Waals surface area contributed by atoms with Crippen LogP contribution in [0.15, 0.2) is 17.1 Å². The summed E-state index contributed by atoms with van der Waals surface area (Å²) in [4.78, 5) is 25.0. The Labute approximate surface area is 122 Å². The Morgan fingerprint density at radius 3 is 2.82 bits per heavy atom. The van der Waals surface area contributed by atoms with E-state index in [4.69, 9.17) is 9.47 Å². The predicted octanol–water partition coefficient (Wildman–Crippen LogP) is 0.931. The van der Waals surface area contributed by atoms with Gasteiger partial charge < -0.3 is 25.1 Å². The summed E-state index contributed by atoms with van der Waals surface area (Å²) in [7, 11) is 0. The molecule has 1 aliphatic rings. The highest BCUT2D eigenvalue weighted by Crippen LogP contribution is 2.29. The molecule has 2 heterocycles. The maximum atomic E-state index is 12.5. The van der Waals surface area contributed by atoms with Crippen molar-refractivity contribution in [3.63, 3.8) is 0 Å². The lowest BCUT2D eigenvalue weighted by Crippen LogP contribution is -2.41. The van der Waals surface area contributed by atoms with Crippen molar-refractivity contribution in [1.82, 2.24) is 10.3 Å². The molecule has 0 saturated carbocycles. The van der Waals surface area contributed by atoms with E-state index < -0.39 is 29.0 Å². The molecule has 2 rings (SSSR count). The number of aromatic amines is 1. The standard InChI is InChI=1S/C12H14F3N3O4/c13-12(14,15)7-3-9(10(19)16-4-7)18-11(20)17-5-8-6-21-1-2-22-8/h3-4,8H,1-2,5-6H2,(H,16,19)(H2,17,18,20)/t8-/m0/s1. The van der Waals surface area contributed by atoms with Crippen LogP contribution in [0.1, 0.15) is 5.56 Å². The molecule has 1 aliphatic heterocycles. The van der Waals surface area contributed by atoms with E-state index in [-0.39, 0.29) is 12.6 Å². The first-order valence-electron chi connectivity index (χ1n) is 6.40. The van der Waals surface area contributed by atoms with Crippen LogP contribution in [0.5, 0.6) is 0 Å². The summed E-state index contributed by atoms with van der Waals surface area (Å²) in [5.74, 6) is 0. The third-order valence-corrected chi connectivity index (χ3v) is 2.85. The molecule has 3 N–H and O–H groups in total. The molecule has 0 unspecified atom stereocenters. The second-order valence-electron chi connectivity index (χ2n) is 4.53. The Hall–Kier alpha value is -2.07. The van der Waals surface area contributed by atoms with Crippen LogP contribution >= 0.6 is 0 Å². The topological polar surface area (TPSA) is 92.4 Å². The number of ether oxygens (including phenoxy) is 2. The SMILES string of the molecule is O=C(NC[C@H]1COCCO1)Nc1cc(C(F)(F)F)c[nH]c1=O. The van der Waals surface area contributed by atoms with Crippen LogP contribution in [0, 0.1) is 0 Å². The third kappa shape index (κ3) is 4.46. The van der Waals surface area contributed by atoms with Crippen molar-refractivity contribution in [2.24, 2.45) is 0 Å². The maximum absolute atomic E-state index is 12.5. The fourth-order valence-corrected chi connectivity index (χ4v) is 1.77. The van der Waals surface area contributed by atoms with Crippen LogP contribution in [-0.2, 0) is 15.7 Å². The molecule has 1 aromatic heterocycles. The van der Waals surface area contributed by atoms with Gasteiger partial charge in [0.05, 0.1) is 31.5 Å². The molecule has 22 heavy (non-hydrogen) atoms. The molecule has 1 fully saturated rings. The van der Waals surface area contributed by atoms with Crippen molar-refractivity contribution < 1.29 is 27.4 Å². The van der Waals surface area contributed by atoms with Crippen LogP contribution < -0.4 is 16.2 Å². The number of carbonyl (C=O) groups excluding carboxylic acids is 1. The van der Waals surface area contributed by atoms with Gasteiger partial charge in [-0.05, 0) is 6.07 Å². The van der Waals surface area contributed by atoms with Gasteiger partial charge in [-0.1, -0.05) is 0 Å². The van der Waals surface area contributed by atoms with Gasteiger partial charge in [0.1, 0.15) is 5.69 Å².